The zero-order chi connectivity index (χ0) is 15.7. The molecule has 1 amide bonds. The van der Waals surface area contributed by atoms with Crippen molar-refractivity contribution in [3.05, 3.63) is 23.8 Å². The zero-order valence-electron chi connectivity index (χ0n) is 11.5. The lowest BCUT2D eigenvalue weighted by atomic mass is 9.94. The van der Waals surface area contributed by atoms with Gasteiger partial charge in [0.15, 0.2) is 5.60 Å². The highest BCUT2D eigenvalue weighted by Gasteiger charge is 2.53. The summed E-state index contributed by atoms with van der Waals surface area (Å²) in [4.78, 5) is 21.3. The molecule has 2 heterocycles. The first-order chi connectivity index (χ1) is 9.73. The Morgan fingerprint density at radius 3 is 2.57 bits per heavy atom. The smallest absolute Gasteiger partial charge is 0.380 e. The summed E-state index contributed by atoms with van der Waals surface area (Å²) in [6.07, 6.45) is -2.80. The molecule has 0 spiro atoms. The average Bonchev–Trinajstić information content (AvgIpc) is 2.61. The Labute approximate surface area is 119 Å². The minimum absolute atomic E-state index is 0.0844. The zero-order valence-corrected chi connectivity index (χ0v) is 11.5. The molecular formula is C13H16F3N3O2. The number of hydrogen-bond donors (Lipinski definition) is 1. The van der Waals surface area contributed by atoms with Crippen molar-refractivity contribution in [3.63, 3.8) is 0 Å². The van der Waals surface area contributed by atoms with Crippen LogP contribution >= 0.6 is 0 Å². The van der Waals surface area contributed by atoms with Gasteiger partial charge in [0.05, 0.1) is 11.9 Å². The molecule has 5 nitrogen and oxygen atoms in total. The van der Waals surface area contributed by atoms with E-state index in [2.05, 4.69) is 9.97 Å². The summed E-state index contributed by atoms with van der Waals surface area (Å²) in [5, 5.41) is 9.70. The van der Waals surface area contributed by atoms with Crippen LogP contribution in [0, 0.1) is 6.92 Å². The summed E-state index contributed by atoms with van der Waals surface area (Å²) < 4.78 is 38.5. The van der Waals surface area contributed by atoms with Crippen molar-refractivity contribution in [1.82, 2.24) is 14.9 Å². The Balaban J connectivity index is 2.10. The van der Waals surface area contributed by atoms with E-state index in [1.165, 1.54) is 17.3 Å². The second-order valence-corrected chi connectivity index (χ2v) is 5.22. The molecule has 0 bridgehead atoms. The molecule has 8 heteroatoms. The van der Waals surface area contributed by atoms with Crippen LogP contribution in [-0.2, 0) is 0 Å². The first kappa shape index (κ1) is 15.7. The molecule has 0 aliphatic carbocycles. The largest absolute Gasteiger partial charge is 0.417 e. The topological polar surface area (TPSA) is 66.3 Å². The minimum Gasteiger partial charge on any atom is -0.380 e. The maximum absolute atomic E-state index is 12.8. The highest BCUT2D eigenvalue weighted by molar-refractivity contribution is 5.92. The lowest BCUT2D eigenvalue weighted by Crippen LogP contribution is -2.46. The van der Waals surface area contributed by atoms with Gasteiger partial charge >= 0.3 is 6.18 Å². The third-order valence-corrected chi connectivity index (χ3v) is 3.63. The van der Waals surface area contributed by atoms with Crippen molar-refractivity contribution in [2.24, 2.45) is 0 Å². The highest BCUT2D eigenvalue weighted by Crippen LogP contribution is 2.38. The number of amides is 1. The lowest BCUT2D eigenvalue weighted by molar-refractivity contribution is -0.263. The predicted octanol–water partition coefficient (Wildman–Crippen LogP) is 1.70. The number of hydrogen-bond acceptors (Lipinski definition) is 4. The van der Waals surface area contributed by atoms with Gasteiger partial charge < -0.3 is 10.0 Å². The van der Waals surface area contributed by atoms with Gasteiger partial charge in [0, 0.05) is 25.7 Å². The van der Waals surface area contributed by atoms with Gasteiger partial charge in [-0.1, -0.05) is 0 Å². The van der Waals surface area contributed by atoms with Crippen LogP contribution < -0.4 is 0 Å². The second kappa shape index (κ2) is 5.59. The number of halogens is 3. The van der Waals surface area contributed by atoms with Crippen molar-refractivity contribution in [3.8, 4) is 0 Å². The van der Waals surface area contributed by atoms with E-state index in [9.17, 15) is 23.1 Å². The first-order valence-electron chi connectivity index (χ1n) is 6.60. The van der Waals surface area contributed by atoms with Gasteiger partial charge in [0.1, 0.15) is 5.69 Å². The SMILES string of the molecule is Cc1cnc(C(=O)N2CCCC(O)(C(F)(F)F)CC2)cn1. The fourth-order valence-electron chi connectivity index (χ4n) is 2.27. The molecule has 116 valence electrons. The lowest BCUT2D eigenvalue weighted by Gasteiger charge is -2.29. The molecule has 0 saturated carbocycles. The predicted molar refractivity (Wildman–Crippen MR) is 67.5 cm³/mol. The number of aromatic nitrogens is 2. The van der Waals surface area contributed by atoms with E-state index < -0.39 is 30.5 Å². The molecule has 2 rings (SSSR count). The fourth-order valence-corrected chi connectivity index (χ4v) is 2.27. The highest BCUT2D eigenvalue weighted by atomic mass is 19.4. The van der Waals surface area contributed by atoms with Gasteiger partial charge in [0.25, 0.3) is 5.91 Å². The molecule has 1 saturated heterocycles. The second-order valence-electron chi connectivity index (χ2n) is 5.22. The Hall–Kier alpha value is -1.70. The fraction of sp³-hybridized carbons (Fsp3) is 0.615. The van der Waals surface area contributed by atoms with E-state index in [1.807, 2.05) is 0 Å². The number of alkyl halides is 3. The van der Waals surface area contributed by atoms with E-state index >= 15 is 0 Å². The number of aryl methyl sites for hydroxylation is 1. The van der Waals surface area contributed by atoms with Crippen LogP contribution in [0.3, 0.4) is 0 Å². The minimum atomic E-state index is -4.68. The van der Waals surface area contributed by atoms with Crippen LogP contribution in [0.15, 0.2) is 12.4 Å². The van der Waals surface area contributed by atoms with Gasteiger partial charge in [-0.25, -0.2) is 4.98 Å². The van der Waals surface area contributed by atoms with Gasteiger partial charge in [-0.2, -0.15) is 13.2 Å². The molecule has 1 fully saturated rings. The summed E-state index contributed by atoms with van der Waals surface area (Å²) in [5.41, 5.74) is -1.98. The molecule has 1 aromatic rings. The molecule has 0 radical (unpaired) electrons. The summed E-state index contributed by atoms with van der Waals surface area (Å²) in [7, 11) is 0. The van der Waals surface area contributed by atoms with E-state index in [0.29, 0.717) is 5.69 Å². The first-order valence-corrected chi connectivity index (χ1v) is 6.60. The Kier molecular flexibility index (Phi) is 4.18. The molecule has 1 unspecified atom stereocenters. The average molecular weight is 303 g/mol. The number of likely N-dealkylation sites (tertiary alicyclic amines) is 1. The number of rotatable bonds is 1. The van der Waals surface area contributed by atoms with Crippen molar-refractivity contribution < 1.29 is 23.1 Å². The van der Waals surface area contributed by atoms with Crippen LogP contribution in [0.2, 0.25) is 0 Å². The summed E-state index contributed by atoms with van der Waals surface area (Å²) in [6.45, 7) is 1.72. The Bertz CT molecular complexity index is 518. The molecule has 1 atom stereocenters. The number of carbonyl (C=O) groups is 1. The molecule has 1 aliphatic rings. The van der Waals surface area contributed by atoms with Crippen LogP contribution in [0.4, 0.5) is 13.2 Å². The maximum Gasteiger partial charge on any atom is 0.417 e. The molecule has 21 heavy (non-hydrogen) atoms. The number of aliphatic hydroxyl groups is 1. The van der Waals surface area contributed by atoms with Crippen LogP contribution in [0.5, 0.6) is 0 Å². The van der Waals surface area contributed by atoms with Crippen molar-refractivity contribution in [2.45, 2.75) is 38.0 Å². The van der Waals surface area contributed by atoms with E-state index in [0.717, 1.165) is 0 Å². The molecule has 1 aliphatic heterocycles. The van der Waals surface area contributed by atoms with Gasteiger partial charge in [0.2, 0.25) is 0 Å². The van der Waals surface area contributed by atoms with Crippen LogP contribution in [-0.4, -0.2) is 50.7 Å². The van der Waals surface area contributed by atoms with Crippen LogP contribution in [0.1, 0.15) is 35.4 Å². The third kappa shape index (κ3) is 3.31. The summed E-state index contributed by atoms with van der Waals surface area (Å²) in [6, 6.07) is 0. The summed E-state index contributed by atoms with van der Waals surface area (Å²) in [5.74, 6) is -0.464. The number of nitrogens with zero attached hydrogens (tertiary/aromatic N) is 3. The molecule has 1 N–H and O–H groups in total. The van der Waals surface area contributed by atoms with Crippen molar-refractivity contribution >= 4 is 5.91 Å². The standard InChI is InChI=1S/C13H16F3N3O2/c1-9-7-18-10(8-17-9)11(20)19-5-2-3-12(21,4-6-19)13(14,15)16/h7-8,21H,2-6H2,1H3. The maximum atomic E-state index is 12.8. The van der Waals surface area contributed by atoms with E-state index in [4.69, 9.17) is 0 Å². The number of carbonyl (C=O) groups excluding carboxylic acids is 1. The summed E-state index contributed by atoms with van der Waals surface area (Å²) >= 11 is 0. The monoisotopic (exact) mass is 303 g/mol. The van der Waals surface area contributed by atoms with Crippen molar-refractivity contribution in [1.29, 1.82) is 0 Å². The third-order valence-electron chi connectivity index (χ3n) is 3.63. The Morgan fingerprint density at radius 2 is 2.00 bits per heavy atom. The molecular weight excluding hydrogens is 287 g/mol. The van der Waals surface area contributed by atoms with Crippen molar-refractivity contribution in [2.75, 3.05) is 13.1 Å². The van der Waals surface area contributed by atoms with E-state index in [1.54, 1.807) is 6.92 Å². The van der Waals surface area contributed by atoms with Gasteiger partial charge in [-0.15, -0.1) is 0 Å². The van der Waals surface area contributed by atoms with Gasteiger partial charge in [-0.05, 0) is 19.8 Å². The quantitative estimate of drug-likeness (QED) is 0.857. The Morgan fingerprint density at radius 1 is 1.29 bits per heavy atom. The normalized spacial score (nSPS) is 23.8. The van der Waals surface area contributed by atoms with Crippen LogP contribution in [0.25, 0.3) is 0 Å². The molecule has 1 aromatic heterocycles. The van der Waals surface area contributed by atoms with E-state index in [-0.39, 0.29) is 25.2 Å². The van der Waals surface area contributed by atoms with Gasteiger partial charge in [-0.3, -0.25) is 9.78 Å². The molecule has 0 aromatic carbocycles.